The summed E-state index contributed by atoms with van der Waals surface area (Å²) in [5.74, 6) is 0.0540. The first kappa shape index (κ1) is 25.4. The molecule has 34 heavy (non-hydrogen) atoms. The number of halogens is 1. The Morgan fingerprint density at radius 2 is 2.03 bits per heavy atom. The molecule has 1 amide bonds. The lowest BCUT2D eigenvalue weighted by molar-refractivity contribution is -0.517. The zero-order valence-electron chi connectivity index (χ0n) is 19.1. The second-order valence-corrected chi connectivity index (χ2v) is 8.31. The van der Waals surface area contributed by atoms with Crippen LogP contribution < -0.4 is 15.4 Å². The zero-order valence-corrected chi connectivity index (χ0v) is 19.9. The molecule has 0 bridgehead atoms. The number of benzene rings is 2. The number of ether oxygens (including phenoxy) is 2. The number of rotatable bonds is 10. The summed E-state index contributed by atoms with van der Waals surface area (Å²) in [6.45, 7) is 6.58. The molecule has 0 aliphatic carbocycles. The summed E-state index contributed by atoms with van der Waals surface area (Å²) in [4.78, 5) is 15.1. The first-order chi connectivity index (χ1) is 16.5. The first-order valence-corrected chi connectivity index (χ1v) is 11.5. The number of allylic oxidation sites excluding steroid dienone is 1. The fraction of sp³-hybridized carbons (Fsp3) is 0.320. The molecule has 178 valence electrons. The summed E-state index contributed by atoms with van der Waals surface area (Å²) in [5.41, 5.74) is 2.53. The number of anilines is 1. The number of nitriles is 1. The Balaban J connectivity index is 1.59. The van der Waals surface area contributed by atoms with Crippen molar-refractivity contribution in [3.63, 3.8) is 0 Å². The molecule has 0 radical (unpaired) electrons. The van der Waals surface area contributed by atoms with Crippen LogP contribution in [0.3, 0.4) is 0 Å². The summed E-state index contributed by atoms with van der Waals surface area (Å²) in [6.07, 6.45) is 1.87. The van der Waals surface area contributed by atoms with Crippen LogP contribution in [0.4, 0.5) is 11.4 Å². The van der Waals surface area contributed by atoms with Crippen LogP contribution in [0.5, 0.6) is 5.75 Å². The van der Waals surface area contributed by atoms with Crippen molar-refractivity contribution < 1.29 is 19.6 Å². The smallest absolute Gasteiger partial charge is 0.262 e. The molecule has 1 heterocycles. The lowest BCUT2D eigenvalue weighted by Crippen LogP contribution is -2.75. The Bertz CT molecular complexity index is 1070. The number of amides is 1. The van der Waals surface area contributed by atoms with Crippen LogP contribution in [-0.2, 0) is 9.53 Å². The highest BCUT2D eigenvalue weighted by atomic mass is 35.5. The van der Waals surface area contributed by atoms with E-state index in [1.807, 2.05) is 17.4 Å². The van der Waals surface area contributed by atoms with E-state index in [0.29, 0.717) is 34.3 Å². The van der Waals surface area contributed by atoms with Crippen molar-refractivity contribution in [2.75, 3.05) is 44.8 Å². The minimum atomic E-state index is -0.430. The quantitative estimate of drug-likeness (QED) is 0.208. The monoisotopic (exact) mass is 482 g/mol. The molecular weight excluding hydrogens is 454 g/mol. The topological polar surface area (TPSA) is 115 Å². The SMILES string of the molecule is C/C([NH2+]c1ccc(Cl)cc1)=C(/C=N)C(=O)Nc1ccc(OCCCN2CCOCC2)c(C#N)c1. The van der Waals surface area contributed by atoms with Gasteiger partial charge in [0.25, 0.3) is 5.91 Å². The molecule has 2 aromatic rings. The van der Waals surface area contributed by atoms with Crippen molar-refractivity contribution in [1.82, 2.24) is 4.90 Å². The van der Waals surface area contributed by atoms with Crippen molar-refractivity contribution in [2.45, 2.75) is 13.3 Å². The van der Waals surface area contributed by atoms with E-state index in [1.165, 1.54) is 0 Å². The molecule has 1 aliphatic heterocycles. The standard InChI is InChI=1S/C25H28ClN5O3/c1-18(29-21-5-3-20(26)4-6-21)23(17-28)25(32)30-22-7-8-24(19(15-22)16-27)34-12-2-9-31-10-13-33-14-11-31/h3-8,15,17,28-29H,2,9-14H2,1H3,(H,30,32)/p+1/b23-18+,28-17?. The van der Waals surface area contributed by atoms with Crippen LogP contribution in [-0.4, -0.2) is 56.5 Å². The molecule has 1 fully saturated rings. The van der Waals surface area contributed by atoms with Crippen LogP contribution in [0.2, 0.25) is 5.02 Å². The fourth-order valence-electron chi connectivity index (χ4n) is 3.56. The summed E-state index contributed by atoms with van der Waals surface area (Å²) in [5, 5.41) is 22.4. The van der Waals surface area contributed by atoms with E-state index in [0.717, 1.165) is 51.2 Å². The Hall–Kier alpha value is -3.22. The minimum absolute atomic E-state index is 0.219. The van der Waals surface area contributed by atoms with E-state index in [2.05, 4.69) is 16.3 Å². The van der Waals surface area contributed by atoms with Gasteiger partial charge in [0.15, 0.2) is 0 Å². The molecule has 0 spiro atoms. The lowest BCUT2D eigenvalue weighted by Gasteiger charge is -2.26. The maximum Gasteiger partial charge on any atom is 0.262 e. The number of hydrogen-bond donors (Lipinski definition) is 3. The number of nitrogens with two attached hydrogens (primary N) is 1. The highest BCUT2D eigenvalue weighted by Gasteiger charge is 2.16. The van der Waals surface area contributed by atoms with Gasteiger partial charge in [-0.25, -0.2) is 0 Å². The summed E-state index contributed by atoms with van der Waals surface area (Å²) in [7, 11) is 0. The molecule has 0 saturated carbocycles. The maximum absolute atomic E-state index is 12.8. The number of quaternary nitrogens is 1. The molecule has 8 nitrogen and oxygen atoms in total. The largest absolute Gasteiger partial charge is 0.492 e. The van der Waals surface area contributed by atoms with E-state index in [9.17, 15) is 10.1 Å². The van der Waals surface area contributed by atoms with Crippen molar-refractivity contribution in [3.8, 4) is 11.8 Å². The normalized spacial score (nSPS) is 14.6. The molecule has 3 rings (SSSR count). The fourth-order valence-corrected chi connectivity index (χ4v) is 3.69. The molecule has 0 aromatic heterocycles. The average molecular weight is 483 g/mol. The van der Waals surface area contributed by atoms with E-state index >= 15 is 0 Å². The third-order valence-corrected chi connectivity index (χ3v) is 5.66. The maximum atomic E-state index is 12.8. The van der Waals surface area contributed by atoms with Gasteiger partial charge in [-0.1, -0.05) is 11.6 Å². The molecule has 0 unspecified atom stereocenters. The molecular formula is C25H29ClN5O3+. The van der Waals surface area contributed by atoms with Gasteiger partial charge in [0.1, 0.15) is 28.8 Å². The predicted molar refractivity (Wildman–Crippen MR) is 132 cm³/mol. The van der Waals surface area contributed by atoms with E-state index in [1.54, 1.807) is 37.3 Å². The van der Waals surface area contributed by atoms with Crippen LogP contribution >= 0.6 is 11.6 Å². The second-order valence-electron chi connectivity index (χ2n) is 7.87. The molecule has 9 heteroatoms. The van der Waals surface area contributed by atoms with Crippen molar-refractivity contribution in [2.24, 2.45) is 0 Å². The second kappa shape index (κ2) is 12.9. The van der Waals surface area contributed by atoms with E-state index in [-0.39, 0.29) is 5.57 Å². The van der Waals surface area contributed by atoms with Crippen molar-refractivity contribution in [1.29, 1.82) is 10.7 Å². The third kappa shape index (κ3) is 7.40. The molecule has 1 aliphatic rings. The predicted octanol–water partition coefficient (Wildman–Crippen LogP) is 3.07. The first-order valence-electron chi connectivity index (χ1n) is 11.1. The summed E-state index contributed by atoms with van der Waals surface area (Å²) < 4.78 is 11.2. The number of nitrogens with one attached hydrogen (secondary N) is 2. The van der Waals surface area contributed by atoms with Crippen LogP contribution in [0.15, 0.2) is 53.7 Å². The van der Waals surface area contributed by atoms with E-state index in [4.69, 9.17) is 26.5 Å². The van der Waals surface area contributed by atoms with Gasteiger partial charge in [-0.05, 0) is 36.8 Å². The average Bonchev–Trinajstić information content (AvgIpc) is 2.85. The van der Waals surface area contributed by atoms with Gasteiger partial charge in [-0.3, -0.25) is 15.0 Å². The van der Waals surface area contributed by atoms with Gasteiger partial charge in [-0.15, -0.1) is 0 Å². The minimum Gasteiger partial charge on any atom is -0.492 e. The third-order valence-electron chi connectivity index (χ3n) is 5.40. The number of hydrogen-bond acceptors (Lipinski definition) is 6. The Labute approximate surface area is 204 Å². The number of nitrogens with zero attached hydrogens (tertiary/aromatic N) is 2. The van der Waals surface area contributed by atoms with Crippen LogP contribution in [0, 0.1) is 16.7 Å². The number of carbonyl (C=O) groups is 1. The summed E-state index contributed by atoms with van der Waals surface area (Å²) >= 11 is 5.92. The summed E-state index contributed by atoms with van der Waals surface area (Å²) in [6, 6.07) is 14.3. The highest BCUT2D eigenvalue weighted by molar-refractivity contribution is 6.30. The lowest BCUT2D eigenvalue weighted by atomic mass is 10.1. The van der Waals surface area contributed by atoms with Gasteiger partial charge in [-0.2, -0.15) is 5.26 Å². The molecule has 0 atom stereocenters. The molecule has 1 saturated heterocycles. The van der Waals surface area contributed by atoms with Gasteiger partial charge < -0.3 is 20.2 Å². The molecule has 4 N–H and O–H groups in total. The zero-order chi connectivity index (χ0) is 24.3. The number of carbonyl (C=O) groups excluding carboxylic acids is 1. The van der Waals surface area contributed by atoms with Crippen LogP contribution in [0.25, 0.3) is 0 Å². The van der Waals surface area contributed by atoms with Gasteiger partial charge >= 0.3 is 0 Å². The molecule has 2 aromatic carbocycles. The van der Waals surface area contributed by atoms with Crippen molar-refractivity contribution >= 4 is 35.1 Å². The van der Waals surface area contributed by atoms with Crippen molar-refractivity contribution in [3.05, 3.63) is 64.3 Å². The van der Waals surface area contributed by atoms with Gasteiger partial charge in [0, 0.05) is 55.6 Å². The van der Waals surface area contributed by atoms with E-state index < -0.39 is 5.91 Å². The Morgan fingerprint density at radius 1 is 1.29 bits per heavy atom. The Morgan fingerprint density at radius 3 is 2.71 bits per heavy atom. The van der Waals surface area contributed by atoms with Crippen LogP contribution in [0.1, 0.15) is 18.9 Å². The van der Waals surface area contributed by atoms with Gasteiger partial charge in [0.2, 0.25) is 0 Å². The highest BCUT2D eigenvalue weighted by Crippen LogP contribution is 2.23. The Kier molecular flexibility index (Phi) is 9.62. The van der Waals surface area contributed by atoms with Gasteiger partial charge in [0.05, 0.1) is 25.4 Å². The number of morpholine rings is 1.